The third-order valence-electron chi connectivity index (χ3n) is 3.36. The number of hydrogen-bond donors (Lipinski definition) is 2. The van der Waals surface area contributed by atoms with E-state index < -0.39 is 0 Å². The third kappa shape index (κ3) is 6.06. The molecule has 2 N–H and O–H groups in total. The maximum atomic E-state index is 11.6. The summed E-state index contributed by atoms with van der Waals surface area (Å²) in [5, 5.41) is 6.36. The molecule has 0 aliphatic carbocycles. The molecule has 0 aromatic heterocycles. The zero-order valence-electron chi connectivity index (χ0n) is 14.3. The topological polar surface area (TPSA) is 75.2 Å². The SMILES string of the molecule is CCNC(=NCC(=O)N(C)C)NCCc1ccc2c(c1)OCO2.I. The van der Waals surface area contributed by atoms with Gasteiger partial charge in [-0.15, -0.1) is 24.0 Å². The summed E-state index contributed by atoms with van der Waals surface area (Å²) in [4.78, 5) is 17.4. The summed E-state index contributed by atoms with van der Waals surface area (Å²) in [6.07, 6.45) is 0.822. The van der Waals surface area contributed by atoms with Crippen LogP contribution in [0.15, 0.2) is 23.2 Å². The number of nitrogens with one attached hydrogen (secondary N) is 2. The summed E-state index contributed by atoms with van der Waals surface area (Å²) in [5.41, 5.74) is 1.15. The highest BCUT2D eigenvalue weighted by molar-refractivity contribution is 14.0. The van der Waals surface area contributed by atoms with E-state index in [1.165, 1.54) is 4.90 Å². The molecular formula is C16H25IN4O3. The van der Waals surface area contributed by atoms with E-state index in [9.17, 15) is 4.79 Å². The Morgan fingerprint density at radius 1 is 1.25 bits per heavy atom. The molecular weight excluding hydrogens is 423 g/mol. The molecule has 2 rings (SSSR count). The van der Waals surface area contributed by atoms with Crippen LogP contribution in [0.5, 0.6) is 11.5 Å². The van der Waals surface area contributed by atoms with Crippen molar-refractivity contribution < 1.29 is 14.3 Å². The molecule has 24 heavy (non-hydrogen) atoms. The number of nitrogens with zero attached hydrogens (tertiary/aromatic N) is 2. The van der Waals surface area contributed by atoms with Crippen molar-refractivity contribution in [2.75, 3.05) is 40.5 Å². The fourth-order valence-electron chi connectivity index (χ4n) is 2.05. The Morgan fingerprint density at radius 3 is 2.71 bits per heavy atom. The molecule has 0 bridgehead atoms. The van der Waals surface area contributed by atoms with Gasteiger partial charge in [-0.25, -0.2) is 4.99 Å². The largest absolute Gasteiger partial charge is 0.454 e. The fraction of sp³-hybridized carbons (Fsp3) is 0.500. The quantitative estimate of drug-likeness (QED) is 0.389. The number of benzene rings is 1. The summed E-state index contributed by atoms with van der Waals surface area (Å²) >= 11 is 0. The monoisotopic (exact) mass is 448 g/mol. The first kappa shape index (κ1) is 20.3. The van der Waals surface area contributed by atoms with E-state index in [0.29, 0.717) is 12.5 Å². The highest BCUT2D eigenvalue weighted by atomic mass is 127. The smallest absolute Gasteiger partial charge is 0.243 e. The van der Waals surface area contributed by atoms with Crippen LogP contribution in [0.2, 0.25) is 0 Å². The number of halogens is 1. The summed E-state index contributed by atoms with van der Waals surface area (Å²) in [7, 11) is 3.44. The number of likely N-dealkylation sites (N-methyl/N-ethyl adjacent to an activating group) is 1. The van der Waals surface area contributed by atoms with Crippen molar-refractivity contribution in [3.63, 3.8) is 0 Å². The number of rotatable bonds is 6. The van der Waals surface area contributed by atoms with E-state index in [4.69, 9.17) is 9.47 Å². The van der Waals surface area contributed by atoms with Gasteiger partial charge in [0.15, 0.2) is 17.5 Å². The van der Waals surface area contributed by atoms with Gasteiger partial charge in [0.1, 0.15) is 6.54 Å². The first-order chi connectivity index (χ1) is 11.1. The highest BCUT2D eigenvalue weighted by Gasteiger charge is 2.13. The Kier molecular flexibility index (Phi) is 8.66. The van der Waals surface area contributed by atoms with Crippen molar-refractivity contribution in [3.05, 3.63) is 23.8 Å². The molecule has 1 amide bonds. The van der Waals surface area contributed by atoms with Crippen molar-refractivity contribution in [2.24, 2.45) is 4.99 Å². The Morgan fingerprint density at radius 2 is 2.00 bits per heavy atom. The van der Waals surface area contributed by atoms with Crippen molar-refractivity contribution in [3.8, 4) is 11.5 Å². The average Bonchev–Trinajstić information content (AvgIpc) is 2.99. The summed E-state index contributed by atoms with van der Waals surface area (Å²) in [5.74, 6) is 2.19. The highest BCUT2D eigenvalue weighted by Crippen LogP contribution is 2.32. The van der Waals surface area contributed by atoms with Gasteiger partial charge in [0.05, 0.1) is 0 Å². The van der Waals surface area contributed by atoms with E-state index >= 15 is 0 Å². The number of carbonyl (C=O) groups excluding carboxylic acids is 1. The number of carbonyl (C=O) groups is 1. The lowest BCUT2D eigenvalue weighted by Crippen LogP contribution is -2.39. The van der Waals surface area contributed by atoms with Crippen LogP contribution >= 0.6 is 24.0 Å². The average molecular weight is 448 g/mol. The molecule has 1 aromatic carbocycles. The number of fused-ring (bicyclic) bond motifs is 1. The second-order valence-electron chi connectivity index (χ2n) is 5.35. The second-order valence-corrected chi connectivity index (χ2v) is 5.35. The number of ether oxygens (including phenoxy) is 2. The van der Waals surface area contributed by atoms with Crippen molar-refractivity contribution in [2.45, 2.75) is 13.3 Å². The molecule has 0 radical (unpaired) electrons. The second kappa shape index (κ2) is 10.2. The molecule has 1 heterocycles. The minimum absolute atomic E-state index is 0. The van der Waals surface area contributed by atoms with Crippen LogP contribution < -0.4 is 20.1 Å². The van der Waals surface area contributed by atoms with Gasteiger partial charge in [-0.05, 0) is 31.0 Å². The summed E-state index contributed by atoms with van der Waals surface area (Å²) in [6.45, 7) is 3.86. The Bertz CT molecular complexity index is 578. The minimum atomic E-state index is -0.0297. The molecule has 1 aliphatic heterocycles. The van der Waals surface area contributed by atoms with E-state index in [2.05, 4.69) is 15.6 Å². The molecule has 0 saturated carbocycles. The van der Waals surface area contributed by atoms with Crippen molar-refractivity contribution in [1.82, 2.24) is 15.5 Å². The Balaban J connectivity index is 0.00000288. The van der Waals surface area contributed by atoms with Gasteiger partial charge in [0.25, 0.3) is 0 Å². The van der Waals surface area contributed by atoms with E-state index in [-0.39, 0.29) is 43.2 Å². The van der Waals surface area contributed by atoms with Crippen LogP contribution in [0.25, 0.3) is 0 Å². The molecule has 0 fully saturated rings. The molecule has 0 spiro atoms. The van der Waals surface area contributed by atoms with Crippen molar-refractivity contribution >= 4 is 35.8 Å². The van der Waals surface area contributed by atoms with Gasteiger partial charge in [0.2, 0.25) is 12.7 Å². The van der Waals surface area contributed by atoms with E-state index in [0.717, 1.165) is 30.0 Å². The van der Waals surface area contributed by atoms with Crippen molar-refractivity contribution in [1.29, 1.82) is 0 Å². The predicted molar refractivity (Wildman–Crippen MR) is 104 cm³/mol. The lowest BCUT2D eigenvalue weighted by atomic mass is 10.1. The van der Waals surface area contributed by atoms with E-state index in [1.807, 2.05) is 25.1 Å². The maximum absolute atomic E-state index is 11.6. The first-order valence-corrected chi connectivity index (χ1v) is 7.71. The normalized spacial score (nSPS) is 12.4. The molecule has 0 saturated heterocycles. The number of amides is 1. The number of guanidine groups is 1. The van der Waals surface area contributed by atoms with Gasteiger partial charge in [-0.2, -0.15) is 0 Å². The summed E-state index contributed by atoms with van der Waals surface area (Å²) < 4.78 is 10.7. The van der Waals surface area contributed by atoms with Gasteiger partial charge < -0.3 is 25.0 Å². The van der Waals surface area contributed by atoms with E-state index in [1.54, 1.807) is 14.1 Å². The molecule has 134 valence electrons. The first-order valence-electron chi connectivity index (χ1n) is 7.71. The van der Waals surface area contributed by atoms with Gasteiger partial charge in [-0.3, -0.25) is 4.79 Å². The Labute approximate surface area is 159 Å². The van der Waals surface area contributed by atoms with Gasteiger partial charge in [-0.1, -0.05) is 6.07 Å². The number of aliphatic imine (C=N–C) groups is 1. The molecule has 0 unspecified atom stereocenters. The van der Waals surface area contributed by atoms with Crippen LogP contribution in [0.4, 0.5) is 0 Å². The molecule has 0 atom stereocenters. The maximum Gasteiger partial charge on any atom is 0.243 e. The molecule has 1 aliphatic rings. The minimum Gasteiger partial charge on any atom is -0.454 e. The van der Waals surface area contributed by atoms with Crippen LogP contribution in [0.3, 0.4) is 0 Å². The lowest BCUT2D eigenvalue weighted by molar-refractivity contribution is -0.127. The molecule has 7 nitrogen and oxygen atoms in total. The predicted octanol–water partition coefficient (Wildman–Crippen LogP) is 1.22. The zero-order valence-corrected chi connectivity index (χ0v) is 16.6. The fourth-order valence-corrected chi connectivity index (χ4v) is 2.05. The van der Waals surface area contributed by atoms with Crippen LogP contribution in [-0.2, 0) is 11.2 Å². The number of hydrogen-bond acceptors (Lipinski definition) is 4. The molecule has 1 aromatic rings. The Hall–Kier alpha value is -1.71. The van der Waals surface area contributed by atoms with Crippen LogP contribution in [-0.4, -0.2) is 57.3 Å². The lowest BCUT2D eigenvalue weighted by Gasteiger charge is -2.12. The summed E-state index contributed by atoms with van der Waals surface area (Å²) in [6, 6.07) is 5.94. The third-order valence-corrected chi connectivity index (χ3v) is 3.36. The van der Waals surface area contributed by atoms with Crippen LogP contribution in [0, 0.1) is 0 Å². The molecule has 8 heteroatoms. The van der Waals surface area contributed by atoms with Gasteiger partial charge in [0, 0.05) is 27.2 Å². The van der Waals surface area contributed by atoms with Crippen LogP contribution in [0.1, 0.15) is 12.5 Å². The zero-order chi connectivity index (χ0) is 16.7. The van der Waals surface area contributed by atoms with Gasteiger partial charge >= 0.3 is 0 Å². The standard InChI is InChI=1S/C16H24N4O3.HI/c1-4-17-16(19-10-15(21)20(2)3)18-8-7-12-5-6-13-14(9-12)23-11-22-13;/h5-6,9H,4,7-8,10-11H2,1-3H3,(H2,17,18,19);1H.